The molecule has 0 radical (unpaired) electrons. The van der Waals surface area contributed by atoms with Crippen LogP contribution in [0.15, 0.2) is 4.99 Å². The SMILES string of the molecule is CCC1CN(C(=NC2CC2)NN)CCS1. The zero-order valence-electron chi connectivity index (χ0n) is 9.28. The highest BCUT2D eigenvalue weighted by Gasteiger charge is 2.25. The van der Waals surface area contributed by atoms with E-state index < -0.39 is 0 Å². The van der Waals surface area contributed by atoms with Gasteiger partial charge >= 0.3 is 0 Å². The molecule has 15 heavy (non-hydrogen) atoms. The first-order valence-electron chi connectivity index (χ1n) is 5.74. The number of aliphatic imine (C=N–C) groups is 1. The van der Waals surface area contributed by atoms with Gasteiger partial charge in [-0.25, -0.2) is 10.8 Å². The van der Waals surface area contributed by atoms with Crippen molar-refractivity contribution < 1.29 is 0 Å². The van der Waals surface area contributed by atoms with Crippen molar-refractivity contribution in [2.45, 2.75) is 37.5 Å². The average Bonchev–Trinajstić information content (AvgIpc) is 3.10. The van der Waals surface area contributed by atoms with Crippen LogP contribution in [0.4, 0.5) is 0 Å². The number of hydrazine groups is 1. The van der Waals surface area contributed by atoms with Crippen molar-refractivity contribution in [3.8, 4) is 0 Å². The number of guanidine groups is 1. The number of hydrogen-bond acceptors (Lipinski definition) is 3. The van der Waals surface area contributed by atoms with Crippen LogP contribution in [0.1, 0.15) is 26.2 Å². The summed E-state index contributed by atoms with van der Waals surface area (Å²) in [4.78, 5) is 6.89. The van der Waals surface area contributed by atoms with E-state index in [0.29, 0.717) is 6.04 Å². The summed E-state index contributed by atoms with van der Waals surface area (Å²) in [7, 11) is 0. The van der Waals surface area contributed by atoms with E-state index in [9.17, 15) is 0 Å². The molecule has 3 N–H and O–H groups in total. The Morgan fingerprint density at radius 1 is 1.60 bits per heavy atom. The average molecular weight is 228 g/mol. The standard InChI is InChI=1S/C10H20N4S/c1-2-9-7-14(5-6-15-9)10(13-11)12-8-3-4-8/h8-9H,2-7,11H2,1H3,(H,12,13). The van der Waals surface area contributed by atoms with E-state index in [-0.39, 0.29) is 0 Å². The molecule has 0 amide bonds. The van der Waals surface area contributed by atoms with Gasteiger partial charge in [-0.2, -0.15) is 11.8 Å². The summed E-state index contributed by atoms with van der Waals surface area (Å²) in [6.45, 7) is 4.39. The molecule has 86 valence electrons. The van der Waals surface area contributed by atoms with Crippen LogP contribution in [0.5, 0.6) is 0 Å². The van der Waals surface area contributed by atoms with Gasteiger partial charge in [-0.15, -0.1) is 0 Å². The van der Waals surface area contributed by atoms with Gasteiger partial charge in [-0.05, 0) is 19.3 Å². The maximum Gasteiger partial charge on any atom is 0.208 e. The summed E-state index contributed by atoms with van der Waals surface area (Å²) in [6.07, 6.45) is 3.68. The molecule has 0 aromatic carbocycles. The van der Waals surface area contributed by atoms with Gasteiger partial charge < -0.3 is 4.90 Å². The fourth-order valence-electron chi connectivity index (χ4n) is 1.75. The molecule has 0 spiro atoms. The van der Waals surface area contributed by atoms with Gasteiger partial charge in [0.05, 0.1) is 6.04 Å². The molecule has 1 saturated heterocycles. The molecule has 0 aromatic rings. The molecular formula is C10H20N4S. The predicted octanol–water partition coefficient (Wildman–Crippen LogP) is 0.796. The Labute approximate surface area is 95.7 Å². The number of rotatable bonds is 2. The van der Waals surface area contributed by atoms with Crippen LogP contribution in [0.25, 0.3) is 0 Å². The largest absolute Gasteiger partial charge is 0.340 e. The lowest BCUT2D eigenvalue weighted by Crippen LogP contribution is -2.50. The molecule has 2 rings (SSSR count). The van der Waals surface area contributed by atoms with Gasteiger partial charge in [0.2, 0.25) is 5.96 Å². The highest BCUT2D eigenvalue weighted by atomic mass is 32.2. The first-order valence-corrected chi connectivity index (χ1v) is 6.79. The van der Waals surface area contributed by atoms with Crippen LogP contribution in [-0.2, 0) is 0 Å². The van der Waals surface area contributed by atoms with E-state index in [0.717, 1.165) is 24.3 Å². The summed E-state index contributed by atoms with van der Waals surface area (Å²) >= 11 is 2.06. The smallest absolute Gasteiger partial charge is 0.208 e. The Morgan fingerprint density at radius 3 is 3.00 bits per heavy atom. The van der Waals surface area contributed by atoms with Crippen molar-refractivity contribution in [3.05, 3.63) is 0 Å². The van der Waals surface area contributed by atoms with Gasteiger partial charge in [-0.1, -0.05) is 6.92 Å². The van der Waals surface area contributed by atoms with Gasteiger partial charge in [0, 0.05) is 24.1 Å². The molecule has 1 aliphatic carbocycles. The number of nitrogens with two attached hydrogens (primary N) is 1. The van der Waals surface area contributed by atoms with E-state index >= 15 is 0 Å². The summed E-state index contributed by atoms with van der Waals surface area (Å²) in [5, 5.41) is 0.733. The molecule has 2 aliphatic rings. The van der Waals surface area contributed by atoms with E-state index in [1.165, 1.54) is 25.0 Å². The summed E-state index contributed by atoms with van der Waals surface area (Å²) in [5.74, 6) is 7.62. The Balaban J connectivity index is 1.94. The van der Waals surface area contributed by atoms with Gasteiger partial charge in [0.25, 0.3) is 0 Å². The number of thioether (sulfide) groups is 1. The Kier molecular flexibility index (Phi) is 3.75. The second-order valence-corrected chi connectivity index (χ2v) is 5.58. The van der Waals surface area contributed by atoms with E-state index in [1.807, 2.05) is 0 Å². The first-order chi connectivity index (χ1) is 7.33. The van der Waals surface area contributed by atoms with Crippen LogP contribution in [0.3, 0.4) is 0 Å². The third-order valence-electron chi connectivity index (χ3n) is 2.87. The van der Waals surface area contributed by atoms with Crippen LogP contribution in [0, 0.1) is 0 Å². The van der Waals surface area contributed by atoms with Gasteiger partial charge in [0.15, 0.2) is 0 Å². The fourth-order valence-corrected chi connectivity index (χ4v) is 2.93. The number of nitrogens with one attached hydrogen (secondary N) is 1. The van der Waals surface area contributed by atoms with Crippen LogP contribution in [-0.4, -0.2) is 41.0 Å². The summed E-state index contributed by atoms with van der Waals surface area (Å²) in [6, 6.07) is 0.533. The van der Waals surface area contributed by atoms with E-state index in [2.05, 4.69) is 34.0 Å². The zero-order chi connectivity index (χ0) is 10.7. The molecule has 1 saturated carbocycles. The molecule has 5 heteroatoms. The monoisotopic (exact) mass is 228 g/mol. The van der Waals surface area contributed by atoms with Crippen molar-refractivity contribution in [2.24, 2.45) is 10.8 Å². The fraction of sp³-hybridized carbons (Fsp3) is 0.900. The van der Waals surface area contributed by atoms with Crippen molar-refractivity contribution in [1.82, 2.24) is 10.3 Å². The van der Waals surface area contributed by atoms with Crippen LogP contribution >= 0.6 is 11.8 Å². The van der Waals surface area contributed by atoms with Crippen molar-refractivity contribution in [3.63, 3.8) is 0 Å². The lowest BCUT2D eigenvalue weighted by atomic mass is 10.3. The minimum absolute atomic E-state index is 0.533. The van der Waals surface area contributed by atoms with Gasteiger partial charge in [0.1, 0.15) is 0 Å². The van der Waals surface area contributed by atoms with Crippen LogP contribution < -0.4 is 11.3 Å². The topological polar surface area (TPSA) is 53.6 Å². The number of nitrogens with zero attached hydrogens (tertiary/aromatic N) is 2. The zero-order valence-corrected chi connectivity index (χ0v) is 10.1. The Bertz CT molecular complexity index is 240. The molecule has 1 heterocycles. The minimum atomic E-state index is 0.533. The molecule has 4 nitrogen and oxygen atoms in total. The second kappa shape index (κ2) is 5.07. The molecule has 1 unspecified atom stereocenters. The highest BCUT2D eigenvalue weighted by Crippen LogP contribution is 2.25. The second-order valence-electron chi connectivity index (χ2n) is 4.18. The summed E-state index contributed by atoms with van der Waals surface area (Å²) in [5.41, 5.74) is 2.75. The van der Waals surface area contributed by atoms with Crippen LogP contribution in [0.2, 0.25) is 0 Å². The van der Waals surface area contributed by atoms with Gasteiger partial charge in [-0.3, -0.25) is 5.43 Å². The Hall–Kier alpha value is -0.420. The normalized spacial score (nSPS) is 28.0. The first kappa shape index (κ1) is 11.1. The molecular weight excluding hydrogens is 208 g/mol. The maximum atomic E-state index is 5.54. The predicted molar refractivity (Wildman–Crippen MR) is 65.9 cm³/mol. The highest BCUT2D eigenvalue weighted by molar-refractivity contribution is 8.00. The molecule has 1 atom stereocenters. The molecule has 1 aliphatic heterocycles. The number of hydrogen-bond donors (Lipinski definition) is 2. The third kappa shape index (κ3) is 3.01. The van der Waals surface area contributed by atoms with Crippen molar-refractivity contribution >= 4 is 17.7 Å². The Morgan fingerprint density at radius 2 is 2.40 bits per heavy atom. The van der Waals surface area contributed by atoms with Crippen molar-refractivity contribution in [1.29, 1.82) is 0 Å². The maximum absolute atomic E-state index is 5.54. The lowest BCUT2D eigenvalue weighted by Gasteiger charge is -2.33. The quantitative estimate of drug-likeness (QED) is 0.318. The summed E-state index contributed by atoms with van der Waals surface area (Å²) < 4.78 is 0. The van der Waals surface area contributed by atoms with E-state index in [1.54, 1.807) is 0 Å². The van der Waals surface area contributed by atoms with E-state index in [4.69, 9.17) is 5.84 Å². The molecule has 0 bridgehead atoms. The third-order valence-corrected chi connectivity index (χ3v) is 4.25. The molecule has 0 aromatic heterocycles. The molecule has 2 fully saturated rings. The minimum Gasteiger partial charge on any atom is -0.340 e. The van der Waals surface area contributed by atoms with Crippen molar-refractivity contribution in [2.75, 3.05) is 18.8 Å². The lowest BCUT2D eigenvalue weighted by molar-refractivity contribution is 0.408.